The van der Waals surface area contributed by atoms with Crippen LogP contribution in [0.15, 0.2) is 39.5 Å². The van der Waals surface area contributed by atoms with Crippen LogP contribution in [0.1, 0.15) is 34.0 Å². The molecule has 36 heavy (non-hydrogen) atoms. The number of hydrogen-bond donors (Lipinski definition) is 1. The summed E-state index contributed by atoms with van der Waals surface area (Å²) < 4.78 is 9.00. The number of nitrogens with zero attached hydrogens (tertiary/aromatic N) is 3. The van der Waals surface area contributed by atoms with Crippen LogP contribution in [0.2, 0.25) is 5.02 Å². The largest absolute Gasteiger partial charge is 0.422 e. The molecule has 0 aliphatic carbocycles. The van der Waals surface area contributed by atoms with E-state index in [1.807, 2.05) is 13.2 Å². The minimum atomic E-state index is -0.362. The van der Waals surface area contributed by atoms with Crippen molar-refractivity contribution in [2.75, 3.05) is 49.1 Å². The first kappa shape index (κ1) is 25.0. The molecule has 2 aromatic carbocycles. The third-order valence-electron chi connectivity index (χ3n) is 7.50. The number of halogens is 1. The number of nitrogens with one attached hydrogen (secondary N) is 1. The molecule has 1 aromatic heterocycles. The van der Waals surface area contributed by atoms with Gasteiger partial charge >= 0.3 is 5.63 Å². The van der Waals surface area contributed by atoms with Crippen molar-refractivity contribution in [3.05, 3.63) is 68.0 Å². The van der Waals surface area contributed by atoms with Gasteiger partial charge in [0.2, 0.25) is 0 Å². The molecule has 1 N–H and O–H groups in total. The first-order valence-corrected chi connectivity index (χ1v) is 13.8. The molecule has 1 atom stereocenters. The summed E-state index contributed by atoms with van der Waals surface area (Å²) in [6.45, 7) is 7.91. The Morgan fingerprint density at radius 2 is 1.97 bits per heavy atom. The number of hydrogen-bond acceptors (Lipinski definition) is 7. The number of rotatable bonds is 4. The van der Waals surface area contributed by atoms with E-state index < -0.39 is 0 Å². The van der Waals surface area contributed by atoms with Gasteiger partial charge in [0, 0.05) is 60.7 Å². The van der Waals surface area contributed by atoms with E-state index in [0.29, 0.717) is 40.7 Å². The number of benzene rings is 2. The fourth-order valence-electron chi connectivity index (χ4n) is 5.26. The van der Waals surface area contributed by atoms with Gasteiger partial charge in [0.1, 0.15) is 5.58 Å². The maximum absolute atomic E-state index is 13.2. The number of carbonyl (C=O) groups excluding carboxylic acids is 1. The predicted molar refractivity (Wildman–Crippen MR) is 149 cm³/mol. The van der Waals surface area contributed by atoms with Crippen LogP contribution in [0.25, 0.3) is 11.0 Å². The summed E-state index contributed by atoms with van der Waals surface area (Å²) in [4.78, 5) is 32.8. The van der Waals surface area contributed by atoms with Crippen molar-refractivity contribution >= 4 is 51.8 Å². The van der Waals surface area contributed by atoms with Crippen molar-refractivity contribution < 1.29 is 9.21 Å². The average Bonchev–Trinajstić information content (AvgIpc) is 2.87. The molecule has 5 rings (SSSR count). The molecule has 2 aliphatic rings. The first-order valence-electron chi connectivity index (χ1n) is 12.2. The molecule has 1 amide bonds. The van der Waals surface area contributed by atoms with Gasteiger partial charge in [0.25, 0.3) is 5.91 Å². The van der Waals surface area contributed by atoms with Crippen LogP contribution < -0.4 is 15.2 Å². The van der Waals surface area contributed by atoms with Gasteiger partial charge in [-0.05, 0) is 63.2 Å². The van der Waals surface area contributed by atoms with E-state index in [2.05, 4.69) is 40.6 Å². The van der Waals surface area contributed by atoms with Crippen LogP contribution in [0.5, 0.6) is 0 Å². The fourth-order valence-corrected chi connectivity index (χ4v) is 5.94. The molecular formula is C27H31ClN4O3S. The maximum Gasteiger partial charge on any atom is 0.341 e. The second kappa shape index (κ2) is 10.00. The van der Waals surface area contributed by atoms with Gasteiger partial charge in [-0.3, -0.25) is 4.79 Å². The summed E-state index contributed by atoms with van der Waals surface area (Å²) >= 11 is 7.78. The quantitative estimate of drug-likeness (QED) is 0.387. The Morgan fingerprint density at radius 1 is 1.17 bits per heavy atom. The lowest BCUT2D eigenvalue weighted by atomic mass is 9.95. The van der Waals surface area contributed by atoms with Crippen LogP contribution >= 0.6 is 23.5 Å². The number of likely N-dealkylation sites (N-methyl/N-ethyl adjacent to an activating group) is 1. The van der Waals surface area contributed by atoms with Crippen molar-refractivity contribution in [2.24, 2.45) is 0 Å². The topological polar surface area (TPSA) is 69.0 Å². The molecule has 1 saturated heterocycles. The zero-order valence-electron chi connectivity index (χ0n) is 21.1. The molecule has 0 bridgehead atoms. The smallest absolute Gasteiger partial charge is 0.341 e. The Kier molecular flexibility index (Phi) is 6.94. The molecule has 3 aromatic rings. The highest BCUT2D eigenvalue weighted by Crippen LogP contribution is 2.34. The summed E-state index contributed by atoms with van der Waals surface area (Å²) in [5.74, 6) is -0.145. The van der Waals surface area contributed by atoms with Gasteiger partial charge in [0.15, 0.2) is 0 Å². The third-order valence-corrected chi connectivity index (χ3v) is 8.24. The Labute approximate surface area is 220 Å². The Balaban J connectivity index is 1.44. The van der Waals surface area contributed by atoms with E-state index in [9.17, 15) is 9.59 Å². The highest BCUT2D eigenvalue weighted by Gasteiger charge is 2.28. The van der Waals surface area contributed by atoms with Crippen LogP contribution in [0.4, 0.5) is 11.4 Å². The van der Waals surface area contributed by atoms with Crippen LogP contribution in [-0.4, -0.2) is 61.2 Å². The summed E-state index contributed by atoms with van der Waals surface area (Å²) in [6, 6.07) is 9.92. The Hall–Kier alpha value is -2.68. The van der Waals surface area contributed by atoms with Gasteiger partial charge in [-0.15, -0.1) is 0 Å². The number of aryl methyl sites for hydroxylation is 1. The molecule has 3 heterocycles. The number of fused-ring (bicyclic) bond motifs is 3. The summed E-state index contributed by atoms with van der Waals surface area (Å²) in [6.07, 6.45) is 2.51. The predicted octanol–water partition coefficient (Wildman–Crippen LogP) is 4.78. The van der Waals surface area contributed by atoms with E-state index >= 15 is 0 Å². The summed E-state index contributed by atoms with van der Waals surface area (Å²) in [7, 11) is 2.15. The van der Waals surface area contributed by atoms with Crippen molar-refractivity contribution in [1.29, 1.82) is 0 Å². The van der Waals surface area contributed by atoms with E-state index in [1.54, 1.807) is 23.1 Å². The van der Waals surface area contributed by atoms with E-state index in [4.69, 9.17) is 16.0 Å². The van der Waals surface area contributed by atoms with Crippen LogP contribution in [0.3, 0.4) is 0 Å². The molecule has 9 heteroatoms. The van der Waals surface area contributed by atoms with Gasteiger partial charge in [-0.2, -0.15) is 0 Å². The number of amides is 1. The molecule has 1 unspecified atom stereocenters. The number of carbonyl (C=O) groups is 1. The van der Waals surface area contributed by atoms with Crippen molar-refractivity contribution in [2.45, 2.75) is 32.9 Å². The van der Waals surface area contributed by atoms with E-state index in [-0.39, 0.29) is 18.1 Å². The summed E-state index contributed by atoms with van der Waals surface area (Å²) in [5, 5.41) is 1.45. The number of anilines is 2. The molecule has 190 valence electrons. The van der Waals surface area contributed by atoms with Crippen molar-refractivity contribution in [1.82, 2.24) is 9.80 Å². The molecule has 0 saturated carbocycles. The monoisotopic (exact) mass is 526 g/mol. The van der Waals surface area contributed by atoms with Gasteiger partial charge in [0.05, 0.1) is 22.8 Å². The highest BCUT2D eigenvalue weighted by atomic mass is 35.5. The van der Waals surface area contributed by atoms with Crippen LogP contribution in [-0.2, 0) is 13.0 Å². The second-order valence-electron chi connectivity index (χ2n) is 9.69. The van der Waals surface area contributed by atoms with E-state index in [0.717, 1.165) is 47.5 Å². The molecule has 1 fully saturated rings. The normalized spacial score (nSPS) is 18.4. The average molecular weight is 527 g/mol. The standard InChI is InChI=1S/C27H31ClN4O3S/c1-16-14-31(12-11-30(16)3)24-8-6-20-19-9-10-32(15-21(19)27(34)35-25(20)17(24)2)26(33)18-5-7-23(29-36-4)22(28)13-18/h5-8,13,16,29H,9-12,14-15H2,1-4H3. The highest BCUT2D eigenvalue weighted by molar-refractivity contribution is 7.99. The molecular weight excluding hydrogens is 496 g/mol. The molecule has 2 aliphatic heterocycles. The molecule has 7 nitrogen and oxygen atoms in total. The lowest BCUT2D eigenvalue weighted by Gasteiger charge is -2.39. The van der Waals surface area contributed by atoms with Gasteiger partial charge in [-0.1, -0.05) is 23.5 Å². The fraction of sp³-hybridized carbons (Fsp3) is 0.407. The SMILES string of the molecule is CSNc1ccc(C(=O)N2CCc3c(c(=O)oc4c(C)c(N5CCN(C)C(C)C5)ccc34)C2)cc1Cl. The van der Waals surface area contributed by atoms with E-state index in [1.165, 1.54) is 11.9 Å². The lowest BCUT2D eigenvalue weighted by molar-refractivity contribution is 0.0733. The first-order chi connectivity index (χ1) is 17.3. The maximum atomic E-state index is 13.2. The van der Waals surface area contributed by atoms with Crippen LogP contribution in [0, 0.1) is 6.92 Å². The zero-order valence-corrected chi connectivity index (χ0v) is 22.6. The Bertz CT molecular complexity index is 1390. The lowest BCUT2D eigenvalue weighted by Crippen LogP contribution is -2.50. The molecule has 0 radical (unpaired) electrons. The van der Waals surface area contributed by atoms with Crippen molar-refractivity contribution in [3.8, 4) is 0 Å². The van der Waals surface area contributed by atoms with Gasteiger partial charge in [-0.25, -0.2) is 4.79 Å². The Morgan fingerprint density at radius 3 is 2.69 bits per heavy atom. The van der Waals surface area contributed by atoms with Gasteiger partial charge < -0.3 is 23.8 Å². The minimum Gasteiger partial charge on any atom is -0.422 e. The number of piperazine rings is 1. The van der Waals surface area contributed by atoms with Crippen molar-refractivity contribution in [3.63, 3.8) is 0 Å². The summed E-state index contributed by atoms with van der Waals surface area (Å²) in [5.41, 5.74) is 5.23. The molecule has 0 spiro atoms. The third kappa shape index (κ3) is 4.46. The zero-order chi connectivity index (χ0) is 25.6. The minimum absolute atomic E-state index is 0.145. The second-order valence-corrected chi connectivity index (χ2v) is 10.7.